The second-order valence-corrected chi connectivity index (χ2v) is 16.7. The van der Waals surface area contributed by atoms with Crippen LogP contribution >= 0.6 is 0 Å². The Kier molecular flexibility index (Phi) is 9.76. The van der Waals surface area contributed by atoms with Crippen LogP contribution < -0.4 is 0 Å². The van der Waals surface area contributed by atoms with Crippen molar-refractivity contribution in [1.29, 1.82) is 0 Å². The first kappa shape index (κ1) is 26.2. The number of hydrogen-bond donors (Lipinski definition) is 0. The molecule has 0 saturated carbocycles. The molecule has 0 aliphatic rings. The molecule has 33 heavy (non-hydrogen) atoms. The molecule has 0 unspecified atom stereocenters. The van der Waals surface area contributed by atoms with Gasteiger partial charge >= 0.3 is 196 Å². The summed E-state index contributed by atoms with van der Waals surface area (Å²) >= 11 is -4.40. The molecular weight excluding hydrogens is 539 g/mol. The normalized spacial score (nSPS) is 11.0. The van der Waals surface area contributed by atoms with Gasteiger partial charge in [-0.05, 0) is 0 Å². The Morgan fingerprint density at radius 3 is 1.52 bits per heavy atom. The number of hydrogen-bond acceptors (Lipinski definition) is 8. The third-order valence-electron chi connectivity index (χ3n) is 4.97. The van der Waals surface area contributed by atoms with Crippen molar-refractivity contribution in [2.45, 2.75) is 48.4 Å². The number of benzene rings is 2. The van der Waals surface area contributed by atoms with Gasteiger partial charge in [0.2, 0.25) is 0 Å². The Hall–Kier alpha value is -3.02. The standard InChI is InChI=1S/2C7H5NO4.2C4H9.Sn/c2*9-7(10)5-2-1-3-6(4-5)8(11)12;2*1-3-4-2;/h2*1-4H,(H,9,10);2*1,3-4H2,2H3;/q;;;;+2/p-2. The summed E-state index contributed by atoms with van der Waals surface area (Å²) in [7, 11) is 0. The zero-order valence-corrected chi connectivity index (χ0v) is 21.4. The molecule has 2 aromatic rings. The van der Waals surface area contributed by atoms with Gasteiger partial charge in [0, 0.05) is 0 Å². The molecule has 0 N–H and O–H groups in total. The second kappa shape index (κ2) is 12.3. The Balaban J connectivity index is 2.38. The van der Waals surface area contributed by atoms with Gasteiger partial charge in [-0.1, -0.05) is 0 Å². The van der Waals surface area contributed by atoms with Crippen molar-refractivity contribution < 1.29 is 25.6 Å². The van der Waals surface area contributed by atoms with E-state index in [-0.39, 0.29) is 22.5 Å². The molecule has 0 spiro atoms. The molecule has 0 radical (unpaired) electrons. The summed E-state index contributed by atoms with van der Waals surface area (Å²) in [5.74, 6) is -1.54. The van der Waals surface area contributed by atoms with E-state index in [0.717, 1.165) is 25.0 Å². The monoisotopic (exact) mass is 566 g/mol. The first-order valence-corrected chi connectivity index (χ1v) is 17.0. The topological polar surface area (TPSA) is 139 Å². The Labute approximate surface area is 196 Å². The molecule has 0 amide bonds. The maximum absolute atomic E-state index is 12.9. The molecule has 10 nitrogen and oxygen atoms in total. The van der Waals surface area contributed by atoms with E-state index in [1.165, 1.54) is 36.4 Å². The van der Waals surface area contributed by atoms with E-state index in [1.807, 2.05) is 13.8 Å². The van der Waals surface area contributed by atoms with E-state index in [2.05, 4.69) is 0 Å². The van der Waals surface area contributed by atoms with Crippen LogP contribution in [-0.4, -0.2) is 41.0 Å². The second-order valence-electron chi connectivity index (χ2n) is 7.51. The van der Waals surface area contributed by atoms with E-state index >= 15 is 0 Å². The average Bonchev–Trinajstić information content (AvgIpc) is 2.81. The van der Waals surface area contributed by atoms with Crippen LogP contribution in [-0.2, 0) is 6.15 Å². The van der Waals surface area contributed by atoms with Crippen molar-refractivity contribution >= 4 is 42.5 Å². The molecular formula is C22H26N2O8Sn. The van der Waals surface area contributed by atoms with Gasteiger partial charge in [0.25, 0.3) is 0 Å². The van der Waals surface area contributed by atoms with Crippen molar-refractivity contribution in [3.8, 4) is 0 Å². The summed E-state index contributed by atoms with van der Waals surface area (Å²) in [5.41, 5.74) is -0.490. The third-order valence-corrected chi connectivity index (χ3v) is 14.5. The first-order valence-electron chi connectivity index (χ1n) is 10.7. The molecule has 0 aromatic heterocycles. The molecule has 176 valence electrons. The molecule has 2 rings (SSSR count). The van der Waals surface area contributed by atoms with E-state index in [1.54, 1.807) is 0 Å². The maximum atomic E-state index is 12.9. The summed E-state index contributed by atoms with van der Waals surface area (Å²) in [6, 6.07) is 10.4. The summed E-state index contributed by atoms with van der Waals surface area (Å²) < 4.78 is 12.7. The fourth-order valence-corrected chi connectivity index (χ4v) is 12.9. The number of non-ortho nitro benzene ring substituents is 2. The Bertz CT molecular complexity index is 945. The van der Waals surface area contributed by atoms with Crippen molar-refractivity contribution in [2.75, 3.05) is 0 Å². The zero-order valence-electron chi connectivity index (χ0n) is 18.5. The average molecular weight is 565 g/mol. The number of rotatable bonds is 12. The Morgan fingerprint density at radius 1 is 0.788 bits per heavy atom. The molecule has 0 atom stereocenters. The van der Waals surface area contributed by atoms with Gasteiger partial charge in [0.1, 0.15) is 0 Å². The van der Waals surface area contributed by atoms with Crippen LogP contribution in [0.3, 0.4) is 0 Å². The van der Waals surface area contributed by atoms with Crippen molar-refractivity contribution in [1.82, 2.24) is 0 Å². The van der Waals surface area contributed by atoms with E-state index in [9.17, 15) is 29.8 Å². The first-order chi connectivity index (χ1) is 15.7. The van der Waals surface area contributed by atoms with Crippen LogP contribution in [0.2, 0.25) is 8.87 Å². The van der Waals surface area contributed by atoms with Gasteiger partial charge in [0.05, 0.1) is 0 Å². The van der Waals surface area contributed by atoms with E-state index < -0.39 is 41.0 Å². The summed E-state index contributed by atoms with van der Waals surface area (Å²) in [4.78, 5) is 46.8. The number of unbranched alkanes of at least 4 members (excludes halogenated alkanes) is 2. The predicted octanol–water partition coefficient (Wildman–Crippen LogP) is 5.56. The quantitative estimate of drug-likeness (QED) is 0.185. The molecule has 0 saturated heterocycles. The van der Waals surface area contributed by atoms with Gasteiger partial charge < -0.3 is 0 Å². The molecule has 0 aliphatic heterocycles. The zero-order chi connectivity index (χ0) is 24.4. The van der Waals surface area contributed by atoms with Crippen LogP contribution in [0.15, 0.2) is 48.5 Å². The minimum atomic E-state index is -4.40. The number of carbonyl (C=O) groups excluding carboxylic acids is 2. The SMILES string of the molecule is CCC[CH2][Sn]([CH2]CCC)([O]C(=O)c1cccc([N+](=O)[O-])c1)[O]C(=O)c1cccc([N+](=O)[O-])c1. The van der Waals surface area contributed by atoms with E-state index in [4.69, 9.17) is 6.15 Å². The summed E-state index contributed by atoms with van der Waals surface area (Å²) in [5, 5.41) is 22.1. The molecule has 0 aliphatic carbocycles. The van der Waals surface area contributed by atoms with Gasteiger partial charge in [-0.3, -0.25) is 0 Å². The van der Waals surface area contributed by atoms with Gasteiger partial charge in [-0.25, -0.2) is 0 Å². The van der Waals surface area contributed by atoms with Gasteiger partial charge in [-0.15, -0.1) is 0 Å². The number of nitro benzene ring substituents is 2. The molecule has 0 fully saturated rings. The van der Waals surface area contributed by atoms with Crippen LogP contribution in [0, 0.1) is 20.2 Å². The van der Waals surface area contributed by atoms with Gasteiger partial charge in [0.15, 0.2) is 0 Å². The predicted molar refractivity (Wildman–Crippen MR) is 122 cm³/mol. The summed E-state index contributed by atoms with van der Waals surface area (Å²) in [6.45, 7) is 3.92. The number of carbonyl (C=O) groups is 2. The minimum absolute atomic E-state index is 0.00432. The molecule has 2 aromatic carbocycles. The van der Waals surface area contributed by atoms with Gasteiger partial charge in [-0.2, -0.15) is 0 Å². The van der Waals surface area contributed by atoms with Crippen molar-refractivity contribution in [3.63, 3.8) is 0 Å². The van der Waals surface area contributed by atoms with Crippen molar-refractivity contribution in [2.24, 2.45) is 0 Å². The third kappa shape index (κ3) is 7.51. The van der Waals surface area contributed by atoms with E-state index in [0.29, 0.717) is 21.7 Å². The van der Waals surface area contributed by atoms with Crippen LogP contribution in [0.1, 0.15) is 60.2 Å². The summed E-state index contributed by atoms with van der Waals surface area (Å²) in [6.07, 6.45) is 2.91. The van der Waals surface area contributed by atoms with Crippen LogP contribution in [0.5, 0.6) is 0 Å². The van der Waals surface area contributed by atoms with Crippen LogP contribution in [0.25, 0.3) is 0 Å². The molecule has 0 bridgehead atoms. The van der Waals surface area contributed by atoms with Crippen LogP contribution in [0.4, 0.5) is 11.4 Å². The number of nitro groups is 2. The number of nitrogens with zero attached hydrogens (tertiary/aromatic N) is 2. The van der Waals surface area contributed by atoms with Crippen molar-refractivity contribution in [3.05, 3.63) is 79.9 Å². The fourth-order valence-electron chi connectivity index (χ4n) is 3.19. The Morgan fingerprint density at radius 2 is 1.18 bits per heavy atom. The molecule has 0 heterocycles. The fraction of sp³-hybridized carbons (Fsp3) is 0.364. The molecule has 11 heteroatoms.